The normalized spacial score (nSPS) is 10.8. The third-order valence-corrected chi connectivity index (χ3v) is 4.07. The number of aromatic nitrogens is 3. The van der Waals surface area contributed by atoms with Crippen LogP contribution < -0.4 is 10.6 Å². The Kier molecular flexibility index (Phi) is 3.70. The van der Waals surface area contributed by atoms with Gasteiger partial charge in [0.05, 0.1) is 6.33 Å². The maximum absolute atomic E-state index is 12.2. The average Bonchev–Trinajstić information content (AvgIpc) is 3.26. The second kappa shape index (κ2) is 6.16. The maximum Gasteiger partial charge on any atom is 0.323 e. The Hall–Kier alpha value is -3.54. The van der Waals surface area contributed by atoms with E-state index in [1.165, 1.54) is 0 Å². The Morgan fingerprint density at radius 2 is 1.72 bits per heavy atom. The van der Waals surface area contributed by atoms with Gasteiger partial charge in [0.15, 0.2) is 0 Å². The monoisotopic (exact) mass is 331 g/mol. The number of hydrogen-bond acceptors (Lipinski definition) is 2. The number of nitrogens with one attached hydrogen (secondary N) is 2. The first-order chi connectivity index (χ1) is 12.2. The van der Waals surface area contributed by atoms with Gasteiger partial charge in [0.25, 0.3) is 0 Å². The molecule has 2 aromatic heterocycles. The number of anilines is 2. The van der Waals surface area contributed by atoms with E-state index in [1.54, 1.807) is 12.5 Å². The molecule has 6 nitrogen and oxygen atoms in total. The summed E-state index contributed by atoms with van der Waals surface area (Å²) in [7, 11) is 2.00. The van der Waals surface area contributed by atoms with Gasteiger partial charge >= 0.3 is 6.03 Å². The molecule has 25 heavy (non-hydrogen) atoms. The second-order valence-corrected chi connectivity index (χ2v) is 5.80. The standard InChI is InChI=1S/C19H17N5O/c1-23-10-8-14-12-16(4-7-18(14)23)22-19(25)21-15-2-5-17(6-3-15)24-11-9-20-13-24/h2-13H,1H3,(H2,21,22,25). The fourth-order valence-corrected chi connectivity index (χ4v) is 2.78. The van der Waals surface area contributed by atoms with Crippen LogP contribution >= 0.6 is 0 Å². The highest BCUT2D eigenvalue weighted by molar-refractivity contribution is 6.01. The van der Waals surface area contributed by atoms with Crippen LogP contribution in [0.2, 0.25) is 0 Å². The number of fused-ring (bicyclic) bond motifs is 1. The summed E-state index contributed by atoms with van der Waals surface area (Å²) in [6.45, 7) is 0. The van der Waals surface area contributed by atoms with Gasteiger partial charge in [-0.2, -0.15) is 0 Å². The van der Waals surface area contributed by atoms with Crippen molar-refractivity contribution in [2.45, 2.75) is 0 Å². The molecule has 0 aliphatic heterocycles. The first-order valence-electron chi connectivity index (χ1n) is 7.90. The summed E-state index contributed by atoms with van der Waals surface area (Å²) in [5, 5.41) is 6.78. The number of urea groups is 1. The molecule has 0 spiro atoms. The lowest BCUT2D eigenvalue weighted by molar-refractivity contribution is 0.262. The molecule has 0 atom stereocenters. The minimum atomic E-state index is -0.273. The second-order valence-electron chi connectivity index (χ2n) is 5.80. The number of hydrogen-bond donors (Lipinski definition) is 2. The molecule has 0 unspecified atom stereocenters. The third-order valence-electron chi connectivity index (χ3n) is 4.07. The smallest absolute Gasteiger partial charge is 0.323 e. The van der Waals surface area contributed by atoms with Crippen molar-refractivity contribution < 1.29 is 4.79 Å². The van der Waals surface area contributed by atoms with Gasteiger partial charge in [-0.25, -0.2) is 9.78 Å². The molecule has 0 aliphatic rings. The van der Waals surface area contributed by atoms with E-state index in [0.717, 1.165) is 28.0 Å². The van der Waals surface area contributed by atoms with Crippen molar-refractivity contribution in [3.63, 3.8) is 0 Å². The molecule has 0 saturated carbocycles. The van der Waals surface area contributed by atoms with Crippen LogP contribution in [0.4, 0.5) is 16.2 Å². The highest BCUT2D eigenvalue weighted by Crippen LogP contribution is 2.20. The van der Waals surface area contributed by atoms with Crippen LogP contribution in [-0.4, -0.2) is 20.1 Å². The van der Waals surface area contributed by atoms with E-state index in [0.29, 0.717) is 0 Å². The zero-order valence-electron chi connectivity index (χ0n) is 13.7. The van der Waals surface area contributed by atoms with Gasteiger partial charge in [0.2, 0.25) is 0 Å². The maximum atomic E-state index is 12.2. The summed E-state index contributed by atoms with van der Waals surface area (Å²) in [5.74, 6) is 0. The molecular formula is C19H17N5O. The highest BCUT2D eigenvalue weighted by atomic mass is 16.2. The lowest BCUT2D eigenvalue weighted by Gasteiger charge is -2.09. The van der Waals surface area contributed by atoms with Crippen molar-refractivity contribution in [3.8, 4) is 5.69 Å². The summed E-state index contributed by atoms with van der Waals surface area (Å²) in [6.07, 6.45) is 7.32. The summed E-state index contributed by atoms with van der Waals surface area (Å²) in [5.41, 5.74) is 3.59. The molecule has 6 heteroatoms. The molecule has 0 fully saturated rings. The molecule has 2 heterocycles. The zero-order valence-corrected chi connectivity index (χ0v) is 13.7. The zero-order chi connectivity index (χ0) is 17.2. The van der Waals surface area contributed by atoms with E-state index < -0.39 is 0 Å². The molecule has 4 aromatic rings. The number of amides is 2. The van der Waals surface area contributed by atoms with Crippen LogP contribution in [0.1, 0.15) is 0 Å². The van der Waals surface area contributed by atoms with E-state index in [-0.39, 0.29) is 6.03 Å². The summed E-state index contributed by atoms with van der Waals surface area (Å²) < 4.78 is 3.94. The number of aryl methyl sites for hydroxylation is 1. The van der Waals surface area contributed by atoms with Gasteiger partial charge in [-0.3, -0.25) is 0 Å². The van der Waals surface area contributed by atoms with E-state index >= 15 is 0 Å². The Morgan fingerprint density at radius 1 is 0.960 bits per heavy atom. The fraction of sp³-hybridized carbons (Fsp3) is 0.0526. The van der Waals surface area contributed by atoms with Gasteiger partial charge in [-0.15, -0.1) is 0 Å². The highest BCUT2D eigenvalue weighted by Gasteiger charge is 2.05. The van der Waals surface area contributed by atoms with Crippen molar-refractivity contribution in [2.24, 2.45) is 7.05 Å². The van der Waals surface area contributed by atoms with Crippen LogP contribution in [0.5, 0.6) is 0 Å². The van der Waals surface area contributed by atoms with Crippen molar-refractivity contribution in [1.29, 1.82) is 0 Å². The fourth-order valence-electron chi connectivity index (χ4n) is 2.78. The number of rotatable bonds is 3. The predicted molar refractivity (Wildman–Crippen MR) is 99.1 cm³/mol. The van der Waals surface area contributed by atoms with Gasteiger partial charge in [-0.05, 0) is 48.5 Å². The van der Waals surface area contributed by atoms with E-state index in [2.05, 4.69) is 15.6 Å². The number of carbonyl (C=O) groups is 1. The summed E-state index contributed by atoms with van der Waals surface area (Å²) in [4.78, 5) is 16.2. The van der Waals surface area contributed by atoms with Gasteiger partial charge in [0, 0.05) is 53.6 Å². The van der Waals surface area contributed by atoms with Crippen molar-refractivity contribution >= 4 is 28.3 Å². The van der Waals surface area contributed by atoms with Crippen molar-refractivity contribution in [2.75, 3.05) is 10.6 Å². The lowest BCUT2D eigenvalue weighted by atomic mass is 10.2. The van der Waals surface area contributed by atoms with E-state index in [1.807, 2.05) is 77.1 Å². The molecule has 124 valence electrons. The molecule has 0 saturated heterocycles. The Morgan fingerprint density at radius 3 is 2.48 bits per heavy atom. The number of carbonyl (C=O) groups excluding carboxylic acids is 1. The Bertz CT molecular complexity index is 1020. The third kappa shape index (κ3) is 3.10. The molecular weight excluding hydrogens is 314 g/mol. The predicted octanol–water partition coefficient (Wildman–Crippen LogP) is 4.01. The van der Waals surface area contributed by atoms with Crippen LogP contribution in [0.25, 0.3) is 16.6 Å². The van der Waals surface area contributed by atoms with Crippen molar-refractivity contribution in [3.05, 3.63) is 73.4 Å². The summed E-state index contributed by atoms with van der Waals surface area (Å²) in [6, 6.07) is 15.1. The van der Waals surface area contributed by atoms with Crippen molar-refractivity contribution in [1.82, 2.24) is 14.1 Å². The first kappa shape index (κ1) is 15.0. The molecule has 0 bridgehead atoms. The van der Waals surface area contributed by atoms with Gasteiger partial charge < -0.3 is 19.8 Å². The number of benzene rings is 2. The van der Waals surface area contributed by atoms with E-state index in [4.69, 9.17) is 0 Å². The first-order valence-corrected chi connectivity index (χ1v) is 7.90. The molecule has 2 amide bonds. The molecule has 2 N–H and O–H groups in total. The molecule has 0 radical (unpaired) electrons. The molecule has 0 aliphatic carbocycles. The minimum Gasteiger partial charge on any atom is -0.351 e. The topological polar surface area (TPSA) is 63.9 Å². The minimum absolute atomic E-state index is 0.273. The van der Waals surface area contributed by atoms with Crippen LogP contribution in [0.15, 0.2) is 73.4 Å². The molecule has 2 aromatic carbocycles. The van der Waals surface area contributed by atoms with Gasteiger partial charge in [-0.1, -0.05) is 0 Å². The SMILES string of the molecule is Cn1ccc2cc(NC(=O)Nc3ccc(-n4ccnc4)cc3)ccc21. The number of nitrogens with zero attached hydrogens (tertiary/aromatic N) is 3. The number of imidazole rings is 1. The Labute approximate surface area is 144 Å². The van der Waals surface area contributed by atoms with E-state index in [9.17, 15) is 4.79 Å². The quantitative estimate of drug-likeness (QED) is 0.596. The Balaban J connectivity index is 1.44. The largest absolute Gasteiger partial charge is 0.351 e. The molecule has 4 rings (SSSR count). The van der Waals surface area contributed by atoms with Crippen LogP contribution in [0.3, 0.4) is 0 Å². The lowest BCUT2D eigenvalue weighted by Crippen LogP contribution is -2.19. The average molecular weight is 331 g/mol. The van der Waals surface area contributed by atoms with Crippen LogP contribution in [-0.2, 0) is 7.05 Å². The summed E-state index contributed by atoms with van der Waals surface area (Å²) >= 11 is 0. The van der Waals surface area contributed by atoms with Crippen LogP contribution in [0, 0.1) is 0 Å². The van der Waals surface area contributed by atoms with Gasteiger partial charge in [0.1, 0.15) is 0 Å².